The average Bonchev–Trinajstić information content (AvgIpc) is 3.44. The molecule has 0 unspecified atom stereocenters. The van der Waals surface area contributed by atoms with Gasteiger partial charge in [0.1, 0.15) is 0 Å². The average molecular weight is 340 g/mol. The SMILES string of the molecule is Cc1ccc(C2[C@H](C(=O)c3ccccc3)[C@H]2C(=O)c2ccccc2)cc1. The number of carbonyl (C=O) groups is 2. The van der Waals surface area contributed by atoms with Gasteiger partial charge < -0.3 is 0 Å². The van der Waals surface area contributed by atoms with E-state index in [4.69, 9.17) is 0 Å². The van der Waals surface area contributed by atoms with Gasteiger partial charge in [0.25, 0.3) is 0 Å². The highest BCUT2D eigenvalue weighted by Gasteiger charge is 2.58. The normalized spacial score (nSPS) is 21.2. The zero-order chi connectivity index (χ0) is 18.1. The summed E-state index contributed by atoms with van der Waals surface area (Å²) in [5.41, 5.74) is 3.60. The van der Waals surface area contributed by atoms with E-state index in [9.17, 15) is 9.59 Å². The molecule has 0 N–H and O–H groups in total. The van der Waals surface area contributed by atoms with Crippen molar-refractivity contribution in [3.8, 4) is 0 Å². The molecule has 1 fully saturated rings. The van der Waals surface area contributed by atoms with E-state index in [-0.39, 0.29) is 29.3 Å². The van der Waals surface area contributed by atoms with Gasteiger partial charge in [-0.05, 0) is 12.5 Å². The van der Waals surface area contributed by atoms with Crippen LogP contribution in [0.5, 0.6) is 0 Å². The summed E-state index contributed by atoms with van der Waals surface area (Å²) < 4.78 is 0. The molecule has 0 aliphatic heterocycles. The number of aryl methyl sites for hydroxylation is 1. The summed E-state index contributed by atoms with van der Waals surface area (Å²) in [5.74, 6) is -0.493. The van der Waals surface area contributed by atoms with E-state index in [0.29, 0.717) is 11.1 Å². The van der Waals surface area contributed by atoms with E-state index in [1.54, 1.807) is 0 Å². The fraction of sp³-hybridized carbons (Fsp3) is 0.167. The molecule has 1 aliphatic rings. The zero-order valence-electron chi connectivity index (χ0n) is 14.6. The summed E-state index contributed by atoms with van der Waals surface area (Å²) in [6.45, 7) is 2.04. The quantitative estimate of drug-likeness (QED) is 0.606. The Morgan fingerprint density at radius 1 is 0.615 bits per heavy atom. The minimum atomic E-state index is -0.284. The molecular weight excluding hydrogens is 320 g/mol. The van der Waals surface area contributed by atoms with E-state index in [1.807, 2.05) is 91.9 Å². The Labute approximate surface area is 153 Å². The monoisotopic (exact) mass is 340 g/mol. The van der Waals surface area contributed by atoms with Crippen LogP contribution in [0, 0.1) is 18.8 Å². The molecule has 128 valence electrons. The second-order valence-corrected chi connectivity index (χ2v) is 6.95. The van der Waals surface area contributed by atoms with Gasteiger partial charge in [0, 0.05) is 28.9 Å². The third kappa shape index (κ3) is 2.99. The van der Waals surface area contributed by atoms with Crippen LogP contribution < -0.4 is 0 Å². The van der Waals surface area contributed by atoms with Gasteiger partial charge in [-0.3, -0.25) is 9.59 Å². The van der Waals surface area contributed by atoms with E-state index < -0.39 is 0 Å². The van der Waals surface area contributed by atoms with Crippen molar-refractivity contribution in [3.63, 3.8) is 0 Å². The number of carbonyl (C=O) groups excluding carboxylic acids is 2. The third-order valence-electron chi connectivity index (χ3n) is 5.20. The lowest BCUT2D eigenvalue weighted by Gasteiger charge is -2.01. The number of hydrogen-bond donors (Lipinski definition) is 0. The molecule has 3 aromatic carbocycles. The molecule has 0 saturated heterocycles. The van der Waals surface area contributed by atoms with Crippen LogP contribution in [0.2, 0.25) is 0 Å². The van der Waals surface area contributed by atoms with Crippen LogP contribution in [0.1, 0.15) is 37.8 Å². The lowest BCUT2D eigenvalue weighted by Crippen LogP contribution is -2.09. The largest absolute Gasteiger partial charge is 0.294 e. The summed E-state index contributed by atoms with van der Waals surface area (Å²) in [6, 6.07) is 26.8. The summed E-state index contributed by atoms with van der Waals surface area (Å²) in [6.07, 6.45) is 0. The molecule has 0 radical (unpaired) electrons. The van der Waals surface area contributed by atoms with Gasteiger partial charge in [-0.15, -0.1) is 0 Å². The summed E-state index contributed by atoms with van der Waals surface area (Å²) in [5, 5.41) is 0. The van der Waals surface area contributed by atoms with Gasteiger partial charge in [-0.25, -0.2) is 0 Å². The topological polar surface area (TPSA) is 34.1 Å². The van der Waals surface area contributed by atoms with Crippen molar-refractivity contribution in [2.24, 2.45) is 11.8 Å². The van der Waals surface area contributed by atoms with Gasteiger partial charge >= 0.3 is 0 Å². The Balaban J connectivity index is 1.68. The van der Waals surface area contributed by atoms with Crippen LogP contribution in [0.4, 0.5) is 0 Å². The van der Waals surface area contributed by atoms with Gasteiger partial charge in [-0.2, -0.15) is 0 Å². The first kappa shape index (κ1) is 16.5. The van der Waals surface area contributed by atoms with Crippen molar-refractivity contribution >= 4 is 11.6 Å². The first-order chi connectivity index (χ1) is 12.7. The predicted molar refractivity (Wildman–Crippen MR) is 102 cm³/mol. The molecule has 2 nitrogen and oxygen atoms in total. The molecule has 2 atom stereocenters. The minimum Gasteiger partial charge on any atom is -0.294 e. The molecule has 26 heavy (non-hydrogen) atoms. The number of ketones is 2. The van der Waals surface area contributed by atoms with Crippen molar-refractivity contribution in [2.75, 3.05) is 0 Å². The number of benzene rings is 3. The minimum absolute atomic E-state index is 0.0454. The Hall–Kier alpha value is -3.00. The maximum absolute atomic E-state index is 13.1. The highest BCUT2D eigenvalue weighted by atomic mass is 16.1. The number of rotatable bonds is 5. The molecule has 0 heterocycles. The van der Waals surface area contributed by atoms with Crippen LogP contribution >= 0.6 is 0 Å². The van der Waals surface area contributed by atoms with Crippen LogP contribution in [-0.4, -0.2) is 11.6 Å². The van der Waals surface area contributed by atoms with Crippen molar-refractivity contribution in [2.45, 2.75) is 12.8 Å². The molecule has 0 spiro atoms. The molecular formula is C24H20O2. The predicted octanol–water partition coefficient (Wildman–Crippen LogP) is 5.09. The Morgan fingerprint density at radius 2 is 1.04 bits per heavy atom. The highest BCUT2D eigenvalue weighted by Crippen LogP contribution is 2.56. The third-order valence-corrected chi connectivity index (χ3v) is 5.20. The maximum atomic E-state index is 13.1. The summed E-state index contributed by atoms with van der Waals surface area (Å²) in [4.78, 5) is 26.1. The van der Waals surface area contributed by atoms with E-state index >= 15 is 0 Å². The van der Waals surface area contributed by atoms with Crippen LogP contribution in [0.15, 0.2) is 84.9 Å². The zero-order valence-corrected chi connectivity index (χ0v) is 14.6. The number of hydrogen-bond acceptors (Lipinski definition) is 2. The van der Waals surface area contributed by atoms with Crippen molar-refractivity contribution in [3.05, 3.63) is 107 Å². The van der Waals surface area contributed by atoms with Gasteiger partial charge in [0.2, 0.25) is 0 Å². The van der Waals surface area contributed by atoms with E-state index in [0.717, 1.165) is 5.56 Å². The molecule has 3 aromatic rings. The molecule has 4 rings (SSSR count). The van der Waals surface area contributed by atoms with Gasteiger partial charge in [-0.1, -0.05) is 90.5 Å². The first-order valence-electron chi connectivity index (χ1n) is 8.92. The molecule has 1 saturated carbocycles. The summed E-state index contributed by atoms with van der Waals surface area (Å²) >= 11 is 0. The van der Waals surface area contributed by atoms with Crippen molar-refractivity contribution < 1.29 is 9.59 Å². The fourth-order valence-corrected chi connectivity index (χ4v) is 3.76. The fourth-order valence-electron chi connectivity index (χ4n) is 3.76. The lowest BCUT2D eigenvalue weighted by molar-refractivity contribution is 0.0906. The van der Waals surface area contributed by atoms with E-state index in [1.165, 1.54) is 5.56 Å². The molecule has 1 aliphatic carbocycles. The van der Waals surface area contributed by atoms with Crippen LogP contribution in [-0.2, 0) is 0 Å². The smallest absolute Gasteiger partial charge is 0.167 e. The molecule has 2 heteroatoms. The van der Waals surface area contributed by atoms with Crippen LogP contribution in [0.25, 0.3) is 0 Å². The van der Waals surface area contributed by atoms with Crippen molar-refractivity contribution in [1.29, 1.82) is 0 Å². The standard InChI is InChI=1S/C24H20O2/c1-16-12-14-17(15-13-16)20-21(23(25)18-8-4-2-5-9-18)22(20)24(26)19-10-6-3-7-11-19/h2-15,20-22H,1H3/t21-,22-/m0/s1. The van der Waals surface area contributed by atoms with Crippen molar-refractivity contribution in [1.82, 2.24) is 0 Å². The number of Topliss-reactive ketones (excluding diaryl/α,β-unsaturated/α-hetero) is 2. The highest BCUT2D eigenvalue weighted by molar-refractivity contribution is 6.09. The lowest BCUT2D eigenvalue weighted by atomic mass is 10.0. The maximum Gasteiger partial charge on any atom is 0.167 e. The molecule has 0 amide bonds. The first-order valence-corrected chi connectivity index (χ1v) is 8.92. The van der Waals surface area contributed by atoms with E-state index in [2.05, 4.69) is 0 Å². The Bertz CT molecular complexity index is 869. The second kappa shape index (κ2) is 6.72. The van der Waals surface area contributed by atoms with Gasteiger partial charge in [0.05, 0.1) is 0 Å². The van der Waals surface area contributed by atoms with Gasteiger partial charge in [0.15, 0.2) is 11.6 Å². The molecule has 0 aromatic heterocycles. The second-order valence-electron chi connectivity index (χ2n) is 6.95. The van der Waals surface area contributed by atoms with Crippen LogP contribution in [0.3, 0.4) is 0 Å². The molecule has 0 bridgehead atoms. The Morgan fingerprint density at radius 3 is 1.46 bits per heavy atom. The Kier molecular flexibility index (Phi) is 4.26. The summed E-state index contributed by atoms with van der Waals surface area (Å²) in [7, 11) is 0.